The molecule has 0 atom stereocenters. The number of carbonyl (C=O) groups excluding carboxylic acids is 1. The Balaban J connectivity index is 2.39. The highest BCUT2D eigenvalue weighted by Gasteiger charge is 2.38. The van der Waals surface area contributed by atoms with Crippen LogP contribution in [0, 0.1) is 13.8 Å². The Labute approximate surface area is 156 Å². The number of amides is 1. The third-order valence-electron chi connectivity index (χ3n) is 4.51. The lowest BCUT2D eigenvalue weighted by Gasteiger charge is -2.34. The minimum Gasteiger partial charge on any atom is -0.380 e. The van der Waals surface area contributed by atoms with Gasteiger partial charge in [0.05, 0.1) is 11.4 Å². The first-order valence-electron chi connectivity index (χ1n) is 9.36. The van der Waals surface area contributed by atoms with Crippen molar-refractivity contribution < 1.29 is 9.90 Å². The van der Waals surface area contributed by atoms with Gasteiger partial charge in [-0.05, 0) is 51.0 Å². The summed E-state index contributed by atoms with van der Waals surface area (Å²) in [5.74, 6) is -0.314. The molecular weight excluding hydrogens is 324 g/mol. The molecule has 0 fully saturated rings. The van der Waals surface area contributed by atoms with Crippen LogP contribution in [-0.4, -0.2) is 16.6 Å². The number of rotatable bonds is 8. The van der Waals surface area contributed by atoms with E-state index < -0.39 is 5.60 Å². The number of aryl methyl sites for hydroxylation is 2. The summed E-state index contributed by atoms with van der Waals surface area (Å²) in [7, 11) is 0. The molecule has 0 aliphatic heterocycles. The van der Waals surface area contributed by atoms with Crippen LogP contribution in [-0.2, 0) is 4.79 Å². The van der Waals surface area contributed by atoms with Crippen molar-refractivity contribution in [1.29, 1.82) is 0 Å². The maximum atomic E-state index is 13.3. The molecule has 2 N–H and O–H groups in total. The van der Waals surface area contributed by atoms with Crippen LogP contribution in [0.3, 0.4) is 0 Å². The highest BCUT2D eigenvalue weighted by molar-refractivity contribution is 6.00. The van der Waals surface area contributed by atoms with E-state index in [-0.39, 0.29) is 5.91 Å². The number of nitrogens with zero attached hydrogens (tertiary/aromatic N) is 1. The number of carbonyl (C=O) groups is 1. The van der Waals surface area contributed by atoms with Crippen molar-refractivity contribution in [3.63, 3.8) is 0 Å². The minimum absolute atomic E-state index is 0.314. The lowest BCUT2D eigenvalue weighted by Crippen LogP contribution is -2.51. The van der Waals surface area contributed by atoms with Crippen LogP contribution >= 0.6 is 0 Å². The second-order valence-electron chi connectivity index (χ2n) is 6.99. The molecule has 0 saturated carbocycles. The van der Waals surface area contributed by atoms with E-state index in [2.05, 4.69) is 5.43 Å². The van der Waals surface area contributed by atoms with Gasteiger partial charge in [-0.1, -0.05) is 62.1 Å². The molecule has 2 aromatic rings. The Kier molecular flexibility index (Phi) is 6.81. The summed E-state index contributed by atoms with van der Waals surface area (Å²) in [6, 6.07) is 15.6. The molecule has 2 aromatic carbocycles. The molecule has 0 spiro atoms. The Morgan fingerprint density at radius 3 is 1.85 bits per heavy atom. The first-order valence-corrected chi connectivity index (χ1v) is 9.36. The third kappa shape index (κ3) is 4.85. The van der Waals surface area contributed by atoms with Gasteiger partial charge in [-0.3, -0.25) is 10.2 Å². The summed E-state index contributed by atoms with van der Waals surface area (Å²) in [5.41, 5.74) is 5.61. The van der Waals surface area contributed by atoms with E-state index in [0.29, 0.717) is 18.5 Å². The van der Waals surface area contributed by atoms with Gasteiger partial charge in [-0.25, -0.2) is 5.01 Å². The molecule has 0 radical (unpaired) electrons. The van der Waals surface area contributed by atoms with Gasteiger partial charge in [-0.15, -0.1) is 0 Å². The average Bonchev–Trinajstić information content (AvgIpc) is 2.62. The Morgan fingerprint density at radius 1 is 0.923 bits per heavy atom. The molecule has 1 amide bonds. The zero-order valence-corrected chi connectivity index (χ0v) is 16.2. The molecule has 4 heteroatoms. The molecule has 0 unspecified atom stereocenters. The quantitative estimate of drug-likeness (QED) is 0.656. The van der Waals surface area contributed by atoms with Crippen molar-refractivity contribution in [2.24, 2.45) is 0 Å². The van der Waals surface area contributed by atoms with Gasteiger partial charge in [0, 0.05) is 0 Å². The fraction of sp³-hybridized carbons (Fsp3) is 0.409. The molecule has 0 bridgehead atoms. The van der Waals surface area contributed by atoms with Gasteiger partial charge >= 0.3 is 0 Å². The molecule has 0 aliphatic rings. The van der Waals surface area contributed by atoms with Gasteiger partial charge < -0.3 is 5.11 Å². The highest BCUT2D eigenvalue weighted by atomic mass is 16.3. The topological polar surface area (TPSA) is 52.6 Å². The minimum atomic E-state index is -1.37. The standard InChI is InChI=1S/C22H30N2O2/c1-5-15-22(26,16-6-2)21(25)24(20-13-9-18(4)10-14-20)23-19-11-7-17(3)8-12-19/h7-14,23,26H,5-6,15-16H2,1-4H3. The van der Waals surface area contributed by atoms with Crippen molar-refractivity contribution >= 4 is 17.3 Å². The van der Waals surface area contributed by atoms with Crippen molar-refractivity contribution in [2.75, 3.05) is 10.4 Å². The number of anilines is 2. The maximum absolute atomic E-state index is 13.3. The van der Waals surface area contributed by atoms with Crippen LogP contribution < -0.4 is 10.4 Å². The fourth-order valence-electron chi connectivity index (χ4n) is 3.06. The van der Waals surface area contributed by atoms with E-state index in [4.69, 9.17) is 0 Å². The average molecular weight is 354 g/mol. The van der Waals surface area contributed by atoms with E-state index in [1.165, 1.54) is 5.01 Å². The second-order valence-corrected chi connectivity index (χ2v) is 6.99. The van der Waals surface area contributed by atoms with Crippen LogP contribution in [0.1, 0.15) is 50.7 Å². The number of hydrogen-bond donors (Lipinski definition) is 2. The zero-order chi connectivity index (χ0) is 19.2. The van der Waals surface area contributed by atoms with Crippen LogP contribution in [0.15, 0.2) is 48.5 Å². The van der Waals surface area contributed by atoms with Gasteiger partial charge in [0.25, 0.3) is 5.91 Å². The number of aliphatic hydroxyl groups is 1. The van der Waals surface area contributed by atoms with E-state index in [1.807, 2.05) is 76.2 Å². The van der Waals surface area contributed by atoms with Gasteiger partial charge in [0.15, 0.2) is 0 Å². The predicted octanol–water partition coefficient (Wildman–Crippen LogP) is 4.99. The third-order valence-corrected chi connectivity index (χ3v) is 4.51. The summed E-state index contributed by atoms with van der Waals surface area (Å²) >= 11 is 0. The Bertz CT molecular complexity index is 702. The normalized spacial score (nSPS) is 11.3. The lowest BCUT2D eigenvalue weighted by atomic mass is 9.91. The highest BCUT2D eigenvalue weighted by Crippen LogP contribution is 2.27. The summed E-state index contributed by atoms with van der Waals surface area (Å²) in [6.45, 7) is 8.00. The molecule has 26 heavy (non-hydrogen) atoms. The molecule has 2 rings (SSSR count). The van der Waals surface area contributed by atoms with Gasteiger partial charge in [-0.2, -0.15) is 0 Å². The summed E-state index contributed by atoms with van der Waals surface area (Å²) < 4.78 is 0. The second kappa shape index (κ2) is 8.86. The van der Waals surface area contributed by atoms with Crippen molar-refractivity contribution in [3.8, 4) is 0 Å². The first-order chi connectivity index (χ1) is 12.4. The Hall–Kier alpha value is -2.33. The van der Waals surface area contributed by atoms with Crippen molar-refractivity contribution in [1.82, 2.24) is 0 Å². The fourth-order valence-corrected chi connectivity index (χ4v) is 3.06. The summed E-state index contributed by atoms with van der Waals surface area (Å²) in [6.07, 6.45) is 2.37. The van der Waals surface area contributed by atoms with E-state index in [1.54, 1.807) is 0 Å². The van der Waals surface area contributed by atoms with Crippen LogP contribution in [0.2, 0.25) is 0 Å². The molecule has 0 heterocycles. The van der Waals surface area contributed by atoms with Crippen molar-refractivity contribution in [2.45, 2.75) is 59.0 Å². The predicted molar refractivity (Wildman–Crippen MR) is 108 cm³/mol. The summed E-state index contributed by atoms with van der Waals surface area (Å²) in [5, 5.41) is 12.5. The molecular formula is C22H30N2O2. The monoisotopic (exact) mass is 354 g/mol. The van der Waals surface area contributed by atoms with Crippen LogP contribution in [0.25, 0.3) is 0 Å². The molecule has 0 aromatic heterocycles. The molecule has 140 valence electrons. The van der Waals surface area contributed by atoms with Crippen molar-refractivity contribution in [3.05, 3.63) is 59.7 Å². The van der Waals surface area contributed by atoms with Crippen LogP contribution in [0.4, 0.5) is 11.4 Å². The summed E-state index contributed by atoms with van der Waals surface area (Å²) in [4.78, 5) is 13.3. The van der Waals surface area contributed by atoms with Gasteiger partial charge in [0.1, 0.15) is 5.60 Å². The van der Waals surface area contributed by atoms with E-state index >= 15 is 0 Å². The number of hydrogen-bond acceptors (Lipinski definition) is 3. The number of hydrazine groups is 1. The smallest absolute Gasteiger partial charge is 0.277 e. The molecule has 0 saturated heterocycles. The SMILES string of the molecule is CCCC(O)(CCC)C(=O)N(Nc1ccc(C)cc1)c1ccc(C)cc1. The maximum Gasteiger partial charge on any atom is 0.277 e. The van der Waals surface area contributed by atoms with Crippen LogP contribution in [0.5, 0.6) is 0 Å². The molecule has 4 nitrogen and oxygen atoms in total. The van der Waals surface area contributed by atoms with Gasteiger partial charge in [0.2, 0.25) is 0 Å². The first kappa shape index (κ1) is 20.0. The number of nitrogens with one attached hydrogen (secondary N) is 1. The molecule has 0 aliphatic carbocycles. The largest absolute Gasteiger partial charge is 0.380 e. The zero-order valence-electron chi connectivity index (χ0n) is 16.2. The van der Waals surface area contributed by atoms with E-state index in [0.717, 1.165) is 29.7 Å². The number of benzene rings is 2. The lowest BCUT2D eigenvalue weighted by molar-refractivity contribution is -0.138. The van der Waals surface area contributed by atoms with E-state index in [9.17, 15) is 9.90 Å². The Morgan fingerprint density at radius 2 is 1.38 bits per heavy atom.